The summed E-state index contributed by atoms with van der Waals surface area (Å²) in [5.74, 6) is 0. The third kappa shape index (κ3) is 5.05. The van der Waals surface area contributed by atoms with Gasteiger partial charge in [0.15, 0.2) is 0 Å². The largest absolute Gasteiger partial charge is 0.317 e. The Kier molecular flexibility index (Phi) is 6.61. The number of nitrogens with one attached hydrogen (secondary N) is 1. The van der Waals surface area contributed by atoms with Crippen LogP contribution in [0.25, 0.3) is 0 Å². The number of thiazole rings is 1. The Balaban J connectivity index is 2.17. The average Bonchev–Trinajstić information content (AvgIpc) is 2.76. The van der Waals surface area contributed by atoms with Crippen LogP contribution in [0.15, 0.2) is 10.9 Å². The summed E-state index contributed by atoms with van der Waals surface area (Å²) in [7, 11) is 2.18. The normalized spacial score (nSPS) is 13.2. The Morgan fingerprint density at radius 1 is 1.56 bits per heavy atom. The number of nitrogens with zero attached hydrogens (tertiary/aromatic N) is 2. The average molecular weight is 241 g/mol. The molecule has 1 atom stereocenters. The molecule has 3 nitrogen and oxygen atoms in total. The van der Waals surface area contributed by atoms with Crippen molar-refractivity contribution in [2.45, 2.75) is 39.3 Å². The molecule has 16 heavy (non-hydrogen) atoms. The molecule has 0 bridgehead atoms. The van der Waals surface area contributed by atoms with Crippen LogP contribution in [-0.2, 0) is 6.54 Å². The van der Waals surface area contributed by atoms with Crippen LogP contribution in [0.2, 0.25) is 0 Å². The smallest absolute Gasteiger partial charge is 0.0795 e. The van der Waals surface area contributed by atoms with Crippen molar-refractivity contribution in [3.8, 4) is 0 Å². The molecule has 0 aliphatic carbocycles. The van der Waals surface area contributed by atoms with E-state index in [4.69, 9.17) is 0 Å². The molecule has 1 aromatic rings. The maximum Gasteiger partial charge on any atom is 0.0795 e. The number of aromatic nitrogens is 1. The summed E-state index contributed by atoms with van der Waals surface area (Å²) in [6.07, 6.45) is 2.49. The molecule has 1 N–H and O–H groups in total. The van der Waals surface area contributed by atoms with Gasteiger partial charge in [-0.05, 0) is 39.9 Å². The van der Waals surface area contributed by atoms with Gasteiger partial charge in [-0.1, -0.05) is 6.92 Å². The van der Waals surface area contributed by atoms with E-state index in [-0.39, 0.29) is 0 Å². The number of hydrogen-bond acceptors (Lipinski definition) is 4. The van der Waals surface area contributed by atoms with Crippen LogP contribution in [0, 0.1) is 0 Å². The lowest BCUT2D eigenvalue weighted by Crippen LogP contribution is -2.29. The second-order valence-electron chi connectivity index (χ2n) is 4.24. The highest BCUT2D eigenvalue weighted by atomic mass is 32.1. The van der Waals surface area contributed by atoms with Crippen molar-refractivity contribution < 1.29 is 0 Å². The summed E-state index contributed by atoms with van der Waals surface area (Å²) in [5.41, 5.74) is 3.09. The predicted molar refractivity (Wildman–Crippen MR) is 70.8 cm³/mol. The van der Waals surface area contributed by atoms with Crippen LogP contribution >= 0.6 is 11.3 Å². The first-order valence-electron chi connectivity index (χ1n) is 6.02. The van der Waals surface area contributed by atoms with Crippen LogP contribution in [0.3, 0.4) is 0 Å². The van der Waals surface area contributed by atoms with Gasteiger partial charge in [-0.3, -0.25) is 4.90 Å². The zero-order valence-corrected chi connectivity index (χ0v) is 11.4. The molecular formula is C12H23N3S. The maximum absolute atomic E-state index is 4.31. The van der Waals surface area contributed by atoms with Gasteiger partial charge >= 0.3 is 0 Å². The van der Waals surface area contributed by atoms with Crippen LogP contribution < -0.4 is 5.32 Å². The van der Waals surface area contributed by atoms with Crippen molar-refractivity contribution in [3.05, 3.63) is 16.6 Å². The van der Waals surface area contributed by atoms with Crippen LogP contribution in [0.4, 0.5) is 0 Å². The van der Waals surface area contributed by atoms with Crippen molar-refractivity contribution in [3.63, 3.8) is 0 Å². The molecule has 0 aliphatic rings. The number of rotatable bonds is 8. The molecule has 0 fully saturated rings. The van der Waals surface area contributed by atoms with E-state index in [1.807, 2.05) is 5.51 Å². The monoisotopic (exact) mass is 241 g/mol. The van der Waals surface area contributed by atoms with E-state index in [0.29, 0.717) is 6.04 Å². The van der Waals surface area contributed by atoms with Crippen LogP contribution in [-0.4, -0.2) is 36.1 Å². The molecule has 0 aromatic carbocycles. The van der Waals surface area contributed by atoms with Gasteiger partial charge < -0.3 is 5.32 Å². The summed E-state index contributed by atoms with van der Waals surface area (Å²) in [6.45, 7) is 7.61. The van der Waals surface area contributed by atoms with Gasteiger partial charge in [0.05, 0.1) is 11.2 Å². The first-order chi connectivity index (χ1) is 7.74. The SMILES string of the molecule is CCNCCCC(C)N(C)Cc1cscn1. The molecule has 0 saturated heterocycles. The lowest BCUT2D eigenvalue weighted by Gasteiger charge is -2.23. The zero-order valence-electron chi connectivity index (χ0n) is 10.6. The number of hydrogen-bond donors (Lipinski definition) is 1. The zero-order chi connectivity index (χ0) is 11.8. The summed E-state index contributed by atoms with van der Waals surface area (Å²) < 4.78 is 0. The fourth-order valence-corrected chi connectivity index (χ4v) is 2.20. The van der Waals surface area contributed by atoms with Gasteiger partial charge in [-0.25, -0.2) is 4.98 Å². The summed E-state index contributed by atoms with van der Waals surface area (Å²) >= 11 is 1.67. The van der Waals surface area contributed by atoms with Crippen LogP contribution in [0.1, 0.15) is 32.4 Å². The first kappa shape index (κ1) is 13.6. The van der Waals surface area contributed by atoms with E-state index in [1.54, 1.807) is 11.3 Å². The van der Waals surface area contributed by atoms with Crippen LogP contribution in [0.5, 0.6) is 0 Å². The van der Waals surface area contributed by atoms with Gasteiger partial charge in [-0.2, -0.15) is 0 Å². The minimum Gasteiger partial charge on any atom is -0.317 e. The van der Waals surface area contributed by atoms with E-state index in [9.17, 15) is 0 Å². The van der Waals surface area contributed by atoms with E-state index < -0.39 is 0 Å². The lowest BCUT2D eigenvalue weighted by atomic mass is 10.1. The molecule has 0 amide bonds. The van der Waals surface area contributed by atoms with E-state index >= 15 is 0 Å². The predicted octanol–water partition coefficient (Wildman–Crippen LogP) is 2.35. The molecule has 1 heterocycles. The Morgan fingerprint density at radius 3 is 3.00 bits per heavy atom. The quantitative estimate of drug-likeness (QED) is 0.708. The molecule has 0 aliphatic heterocycles. The molecule has 0 radical (unpaired) electrons. The molecule has 1 rings (SSSR count). The minimum absolute atomic E-state index is 0.625. The minimum atomic E-state index is 0.625. The van der Waals surface area contributed by atoms with Crippen molar-refractivity contribution in [1.82, 2.24) is 15.2 Å². The highest BCUT2D eigenvalue weighted by Crippen LogP contribution is 2.09. The Hall–Kier alpha value is -0.450. The highest BCUT2D eigenvalue weighted by Gasteiger charge is 2.09. The van der Waals surface area contributed by atoms with E-state index in [1.165, 1.54) is 18.5 Å². The maximum atomic E-state index is 4.31. The summed E-state index contributed by atoms with van der Waals surface area (Å²) in [4.78, 5) is 6.69. The molecule has 1 unspecified atom stereocenters. The van der Waals surface area contributed by atoms with E-state index in [0.717, 1.165) is 19.6 Å². The third-order valence-corrected chi connectivity index (χ3v) is 3.51. The second-order valence-corrected chi connectivity index (χ2v) is 4.96. The van der Waals surface area contributed by atoms with Gasteiger partial charge in [0.25, 0.3) is 0 Å². The highest BCUT2D eigenvalue weighted by molar-refractivity contribution is 7.07. The topological polar surface area (TPSA) is 28.2 Å². The van der Waals surface area contributed by atoms with Gasteiger partial charge in [0, 0.05) is 18.0 Å². The van der Waals surface area contributed by atoms with Crippen molar-refractivity contribution in [1.29, 1.82) is 0 Å². The fourth-order valence-electron chi connectivity index (χ4n) is 1.65. The van der Waals surface area contributed by atoms with Crippen molar-refractivity contribution in [2.24, 2.45) is 0 Å². The standard InChI is InChI=1S/C12H23N3S/c1-4-13-7-5-6-11(2)15(3)8-12-9-16-10-14-12/h9-11,13H,4-8H2,1-3H3. The van der Waals surface area contributed by atoms with Crippen molar-refractivity contribution >= 4 is 11.3 Å². The molecular weight excluding hydrogens is 218 g/mol. The molecule has 1 aromatic heterocycles. The molecule has 0 saturated carbocycles. The van der Waals surface area contributed by atoms with Gasteiger partial charge in [-0.15, -0.1) is 11.3 Å². The molecule has 0 spiro atoms. The van der Waals surface area contributed by atoms with Gasteiger partial charge in [0.1, 0.15) is 0 Å². The fraction of sp³-hybridized carbons (Fsp3) is 0.750. The second kappa shape index (κ2) is 7.76. The van der Waals surface area contributed by atoms with E-state index in [2.05, 4.69) is 41.5 Å². The third-order valence-electron chi connectivity index (χ3n) is 2.87. The molecule has 92 valence electrons. The Morgan fingerprint density at radius 2 is 2.38 bits per heavy atom. The summed E-state index contributed by atoms with van der Waals surface area (Å²) in [5, 5.41) is 5.49. The van der Waals surface area contributed by atoms with Gasteiger partial charge in [0.2, 0.25) is 0 Å². The Labute approximate surface area is 103 Å². The first-order valence-corrected chi connectivity index (χ1v) is 6.96. The lowest BCUT2D eigenvalue weighted by molar-refractivity contribution is 0.232. The summed E-state index contributed by atoms with van der Waals surface area (Å²) in [6, 6.07) is 0.625. The Bertz CT molecular complexity index is 261. The molecule has 4 heteroatoms. The van der Waals surface area contributed by atoms with Crippen molar-refractivity contribution in [2.75, 3.05) is 20.1 Å².